The predicted molar refractivity (Wildman–Crippen MR) is 109 cm³/mol. The zero-order chi connectivity index (χ0) is 19.5. The maximum atomic E-state index is 12.1. The summed E-state index contributed by atoms with van der Waals surface area (Å²) in [7, 11) is 0. The number of anilines is 3. The van der Waals surface area contributed by atoms with Crippen molar-refractivity contribution in [3.05, 3.63) is 48.5 Å². The van der Waals surface area contributed by atoms with E-state index in [4.69, 9.17) is 4.74 Å². The Labute approximate surface area is 160 Å². The van der Waals surface area contributed by atoms with Gasteiger partial charge in [-0.3, -0.25) is 9.59 Å². The second-order valence-electron chi connectivity index (χ2n) is 6.15. The average molecular weight is 369 g/mol. The summed E-state index contributed by atoms with van der Waals surface area (Å²) >= 11 is 0. The Morgan fingerprint density at radius 3 is 2.15 bits per heavy atom. The Balaban J connectivity index is 1.81. The first-order valence-corrected chi connectivity index (χ1v) is 9.27. The fourth-order valence-electron chi connectivity index (χ4n) is 2.39. The van der Waals surface area contributed by atoms with E-state index in [0.29, 0.717) is 24.4 Å². The number of nitrogens with one attached hydrogen (secondary N) is 3. The molecule has 3 N–H and O–H groups in total. The van der Waals surface area contributed by atoms with Crippen LogP contribution in [0.2, 0.25) is 0 Å². The first kappa shape index (κ1) is 20.3. The third-order valence-electron chi connectivity index (χ3n) is 3.69. The van der Waals surface area contributed by atoms with Gasteiger partial charge in [0.25, 0.3) is 0 Å². The highest BCUT2D eigenvalue weighted by Crippen LogP contribution is 2.18. The smallest absolute Gasteiger partial charge is 0.243 e. The lowest BCUT2D eigenvalue weighted by Gasteiger charge is -2.10. The molecule has 0 aromatic heterocycles. The topological polar surface area (TPSA) is 79.5 Å². The van der Waals surface area contributed by atoms with Crippen LogP contribution in [0.3, 0.4) is 0 Å². The highest BCUT2D eigenvalue weighted by atomic mass is 16.5. The van der Waals surface area contributed by atoms with E-state index in [1.165, 1.54) is 0 Å². The number of hydrogen-bond donors (Lipinski definition) is 3. The summed E-state index contributed by atoms with van der Waals surface area (Å²) in [6.07, 6.45) is 2.25. The maximum absolute atomic E-state index is 12.1. The number of rotatable bonds is 10. The molecule has 0 saturated carbocycles. The lowest BCUT2D eigenvalue weighted by atomic mass is 10.2. The van der Waals surface area contributed by atoms with Gasteiger partial charge in [-0.25, -0.2) is 0 Å². The van der Waals surface area contributed by atoms with Crippen molar-refractivity contribution in [3.63, 3.8) is 0 Å². The Morgan fingerprint density at radius 1 is 0.852 bits per heavy atom. The molecule has 0 fully saturated rings. The van der Waals surface area contributed by atoms with Gasteiger partial charge in [-0.1, -0.05) is 19.9 Å². The van der Waals surface area contributed by atoms with Gasteiger partial charge in [0.05, 0.1) is 13.2 Å². The summed E-state index contributed by atoms with van der Waals surface area (Å²) in [5.74, 6) is 0.615. The van der Waals surface area contributed by atoms with Crippen LogP contribution in [0, 0.1) is 0 Å². The zero-order valence-electron chi connectivity index (χ0n) is 15.9. The Hall–Kier alpha value is -3.02. The molecule has 2 aromatic rings. The van der Waals surface area contributed by atoms with Crippen molar-refractivity contribution in [2.75, 3.05) is 29.1 Å². The second kappa shape index (κ2) is 10.9. The van der Waals surface area contributed by atoms with Crippen LogP contribution in [0.5, 0.6) is 5.75 Å². The molecule has 0 spiro atoms. The van der Waals surface area contributed by atoms with Crippen LogP contribution < -0.4 is 20.7 Å². The van der Waals surface area contributed by atoms with Crippen molar-refractivity contribution in [3.8, 4) is 5.75 Å². The van der Waals surface area contributed by atoms with E-state index >= 15 is 0 Å². The van der Waals surface area contributed by atoms with E-state index in [1.54, 1.807) is 24.3 Å². The van der Waals surface area contributed by atoms with E-state index in [9.17, 15) is 9.59 Å². The lowest BCUT2D eigenvalue weighted by Crippen LogP contribution is -2.21. The predicted octanol–water partition coefficient (Wildman–Crippen LogP) is 4.26. The summed E-state index contributed by atoms with van der Waals surface area (Å²) in [6, 6.07) is 14.6. The molecule has 144 valence electrons. The van der Waals surface area contributed by atoms with E-state index in [2.05, 4.69) is 22.9 Å². The molecule has 0 saturated heterocycles. The lowest BCUT2D eigenvalue weighted by molar-refractivity contribution is -0.116. The minimum absolute atomic E-state index is 0.0105. The number of carbonyl (C=O) groups excluding carboxylic acids is 2. The van der Waals surface area contributed by atoms with Gasteiger partial charge >= 0.3 is 0 Å². The summed E-state index contributed by atoms with van der Waals surface area (Å²) in [5, 5.41) is 8.72. The van der Waals surface area contributed by atoms with Crippen molar-refractivity contribution in [1.82, 2.24) is 0 Å². The molecular weight excluding hydrogens is 342 g/mol. The monoisotopic (exact) mass is 369 g/mol. The van der Waals surface area contributed by atoms with Gasteiger partial charge in [0.1, 0.15) is 5.75 Å². The van der Waals surface area contributed by atoms with Crippen LogP contribution in [0.4, 0.5) is 17.1 Å². The van der Waals surface area contributed by atoms with Gasteiger partial charge in [-0.05, 0) is 49.2 Å². The largest absolute Gasteiger partial charge is 0.494 e. The van der Waals surface area contributed by atoms with Crippen LogP contribution >= 0.6 is 0 Å². The van der Waals surface area contributed by atoms with Crippen molar-refractivity contribution < 1.29 is 14.3 Å². The number of amides is 2. The van der Waals surface area contributed by atoms with Crippen molar-refractivity contribution in [1.29, 1.82) is 0 Å². The number of benzene rings is 2. The van der Waals surface area contributed by atoms with Gasteiger partial charge < -0.3 is 20.7 Å². The van der Waals surface area contributed by atoms with E-state index < -0.39 is 0 Å². The van der Waals surface area contributed by atoms with E-state index in [0.717, 1.165) is 24.3 Å². The molecule has 0 unspecified atom stereocenters. The molecule has 6 heteroatoms. The van der Waals surface area contributed by atoms with Gasteiger partial charge in [0.2, 0.25) is 11.8 Å². The SMILES string of the molecule is CCCOc1cccc(NCC(=O)Nc2ccc(NC(=O)CCC)cc2)c1. The minimum atomic E-state index is -0.155. The highest BCUT2D eigenvalue weighted by Gasteiger charge is 2.05. The van der Waals surface area contributed by atoms with Crippen molar-refractivity contribution >= 4 is 28.9 Å². The second-order valence-corrected chi connectivity index (χ2v) is 6.15. The Bertz CT molecular complexity index is 745. The van der Waals surface area contributed by atoms with Gasteiger partial charge in [-0.2, -0.15) is 0 Å². The van der Waals surface area contributed by atoms with Crippen LogP contribution in [0.25, 0.3) is 0 Å². The van der Waals surface area contributed by atoms with Crippen LogP contribution in [-0.2, 0) is 9.59 Å². The molecule has 2 rings (SSSR count). The minimum Gasteiger partial charge on any atom is -0.494 e. The van der Waals surface area contributed by atoms with Crippen molar-refractivity contribution in [2.24, 2.45) is 0 Å². The van der Waals surface area contributed by atoms with Gasteiger partial charge in [0.15, 0.2) is 0 Å². The first-order valence-electron chi connectivity index (χ1n) is 9.27. The third kappa shape index (κ3) is 7.40. The molecule has 0 atom stereocenters. The standard InChI is InChI=1S/C21H27N3O3/c1-3-6-20(25)23-16-9-11-17(12-10-16)24-21(26)15-22-18-7-5-8-19(14-18)27-13-4-2/h5,7-12,14,22H,3-4,6,13,15H2,1-2H3,(H,23,25)(H,24,26). The molecule has 0 radical (unpaired) electrons. The van der Waals surface area contributed by atoms with E-state index in [1.807, 2.05) is 31.2 Å². The Morgan fingerprint density at radius 2 is 1.52 bits per heavy atom. The number of hydrogen-bond acceptors (Lipinski definition) is 4. The molecule has 27 heavy (non-hydrogen) atoms. The molecule has 0 heterocycles. The van der Waals surface area contributed by atoms with Gasteiger partial charge in [0, 0.05) is 29.5 Å². The fraction of sp³-hybridized carbons (Fsp3) is 0.333. The normalized spacial score (nSPS) is 10.1. The summed E-state index contributed by atoms with van der Waals surface area (Å²) in [5.41, 5.74) is 2.22. The van der Waals surface area contributed by atoms with Crippen LogP contribution in [-0.4, -0.2) is 25.0 Å². The number of carbonyl (C=O) groups is 2. The van der Waals surface area contributed by atoms with Crippen LogP contribution in [0.15, 0.2) is 48.5 Å². The quantitative estimate of drug-likeness (QED) is 0.584. The molecule has 2 aromatic carbocycles. The molecule has 6 nitrogen and oxygen atoms in total. The third-order valence-corrected chi connectivity index (χ3v) is 3.69. The molecule has 0 aliphatic heterocycles. The fourth-order valence-corrected chi connectivity index (χ4v) is 2.39. The summed E-state index contributed by atoms with van der Waals surface area (Å²) in [4.78, 5) is 23.7. The van der Waals surface area contributed by atoms with Crippen LogP contribution in [0.1, 0.15) is 33.1 Å². The molecular formula is C21H27N3O3. The summed E-state index contributed by atoms with van der Waals surface area (Å²) < 4.78 is 5.58. The molecule has 0 bridgehead atoms. The average Bonchev–Trinajstić information content (AvgIpc) is 2.67. The first-order chi connectivity index (χ1) is 13.1. The molecule has 0 aliphatic rings. The van der Waals surface area contributed by atoms with Crippen molar-refractivity contribution in [2.45, 2.75) is 33.1 Å². The Kier molecular flexibility index (Phi) is 8.16. The van der Waals surface area contributed by atoms with Gasteiger partial charge in [-0.15, -0.1) is 0 Å². The number of ether oxygens (including phenoxy) is 1. The molecule has 0 aliphatic carbocycles. The summed E-state index contributed by atoms with van der Waals surface area (Å²) in [6.45, 7) is 4.82. The van der Waals surface area contributed by atoms with E-state index in [-0.39, 0.29) is 18.4 Å². The zero-order valence-corrected chi connectivity index (χ0v) is 15.9. The molecule has 2 amide bonds. The maximum Gasteiger partial charge on any atom is 0.243 e. The highest BCUT2D eigenvalue weighted by molar-refractivity contribution is 5.94.